The second kappa shape index (κ2) is 8.17. The molecule has 0 bridgehead atoms. The van der Waals surface area contributed by atoms with Crippen LogP contribution in [0.3, 0.4) is 0 Å². The number of anilines is 2. The first-order valence-corrected chi connectivity index (χ1v) is 9.65. The summed E-state index contributed by atoms with van der Waals surface area (Å²) in [4.78, 5) is 37.8. The Morgan fingerprint density at radius 3 is 2.40 bits per heavy atom. The Hall–Kier alpha value is -2.32. The van der Waals surface area contributed by atoms with Gasteiger partial charge in [-0.25, -0.2) is 0 Å². The highest BCUT2D eigenvalue weighted by atomic mass is 32.2. The summed E-state index contributed by atoms with van der Waals surface area (Å²) in [7, 11) is 0. The Morgan fingerprint density at radius 2 is 1.80 bits per heavy atom. The van der Waals surface area contributed by atoms with E-state index < -0.39 is 0 Å². The van der Waals surface area contributed by atoms with E-state index in [-0.39, 0.29) is 23.5 Å². The van der Waals surface area contributed by atoms with Crippen LogP contribution in [0.2, 0.25) is 0 Å². The lowest BCUT2D eigenvalue weighted by Gasteiger charge is -2.14. The van der Waals surface area contributed by atoms with Gasteiger partial charge >= 0.3 is 0 Å². The van der Waals surface area contributed by atoms with Gasteiger partial charge in [-0.2, -0.15) is 0 Å². The minimum atomic E-state index is -0.153. The van der Waals surface area contributed by atoms with E-state index in [9.17, 15) is 14.4 Å². The molecule has 130 valence electrons. The summed E-state index contributed by atoms with van der Waals surface area (Å²) < 4.78 is 0. The van der Waals surface area contributed by atoms with Gasteiger partial charge in [-0.05, 0) is 35.7 Å². The predicted octanol–water partition coefficient (Wildman–Crippen LogP) is 3.50. The molecule has 0 aliphatic carbocycles. The van der Waals surface area contributed by atoms with Gasteiger partial charge in [0.25, 0.3) is 11.1 Å². The first-order chi connectivity index (χ1) is 12.1. The second-order valence-electron chi connectivity index (χ2n) is 5.41. The maximum Gasteiger partial charge on any atom is 0.281 e. The standard InChI is InChI=1S/C17H17N3O3S2/c21-15(7-8-20-9-11-25-17(20)23)18-12-3-5-13(6-4-12)19-16(22)14-2-1-10-24-14/h1-6,10H,7-9,11H2,(H,18,21)(H,19,22). The number of hydrogen-bond acceptors (Lipinski definition) is 5. The van der Waals surface area contributed by atoms with Crippen molar-refractivity contribution in [3.05, 3.63) is 46.7 Å². The lowest BCUT2D eigenvalue weighted by Crippen LogP contribution is -2.27. The zero-order valence-corrected chi connectivity index (χ0v) is 15.0. The molecule has 1 aromatic carbocycles. The molecule has 1 fully saturated rings. The van der Waals surface area contributed by atoms with Gasteiger partial charge in [-0.15, -0.1) is 11.3 Å². The van der Waals surface area contributed by atoms with E-state index in [1.807, 2.05) is 11.4 Å². The molecule has 0 saturated carbocycles. The number of amides is 3. The molecule has 2 aromatic rings. The van der Waals surface area contributed by atoms with E-state index in [1.54, 1.807) is 35.2 Å². The van der Waals surface area contributed by atoms with Gasteiger partial charge < -0.3 is 15.5 Å². The fraction of sp³-hybridized carbons (Fsp3) is 0.235. The third-order valence-electron chi connectivity index (χ3n) is 3.63. The lowest BCUT2D eigenvalue weighted by molar-refractivity contribution is -0.116. The van der Waals surface area contributed by atoms with Crippen molar-refractivity contribution in [2.45, 2.75) is 6.42 Å². The monoisotopic (exact) mass is 375 g/mol. The van der Waals surface area contributed by atoms with E-state index in [2.05, 4.69) is 10.6 Å². The summed E-state index contributed by atoms with van der Waals surface area (Å²) in [5.41, 5.74) is 1.32. The van der Waals surface area contributed by atoms with E-state index in [4.69, 9.17) is 0 Å². The fourth-order valence-electron chi connectivity index (χ4n) is 2.33. The average Bonchev–Trinajstić information content (AvgIpc) is 3.26. The molecule has 25 heavy (non-hydrogen) atoms. The Morgan fingerprint density at radius 1 is 1.08 bits per heavy atom. The largest absolute Gasteiger partial charge is 0.332 e. The molecular formula is C17H17N3O3S2. The van der Waals surface area contributed by atoms with E-state index >= 15 is 0 Å². The predicted molar refractivity (Wildman–Crippen MR) is 101 cm³/mol. The molecule has 1 saturated heterocycles. The Bertz CT molecular complexity index is 760. The minimum Gasteiger partial charge on any atom is -0.332 e. The van der Waals surface area contributed by atoms with Crippen molar-refractivity contribution in [1.29, 1.82) is 0 Å². The molecule has 0 atom stereocenters. The molecule has 8 heteroatoms. The summed E-state index contributed by atoms with van der Waals surface area (Å²) in [6.07, 6.45) is 0.267. The molecule has 0 unspecified atom stereocenters. The Balaban J connectivity index is 1.47. The molecular weight excluding hydrogens is 358 g/mol. The van der Waals surface area contributed by atoms with Crippen molar-refractivity contribution in [1.82, 2.24) is 4.90 Å². The number of benzene rings is 1. The van der Waals surface area contributed by atoms with Crippen molar-refractivity contribution < 1.29 is 14.4 Å². The minimum absolute atomic E-state index is 0.0404. The van der Waals surface area contributed by atoms with Crippen molar-refractivity contribution in [2.75, 3.05) is 29.5 Å². The number of carbonyl (C=O) groups excluding carboxylic acids is 3. The average molecular weight is 375 g/mol. The van der Waals surface area contributed by atoms with Crippen molar-refractivity contribution >= 4 is 51.5 Å². The van der Waals surface area contributed by atoms with Gasteiger partial charge in [0, 0.05) is 36.6 Å². The first kappa shape index (κ1) is 17.5. The molecule has 3 rings (SSSR count). The summed E-state index contributed by atoms with van der Waals surface area (Å²) >= 11 is 2.67. The highest BCUT2D eigenvalue weighted by Crippen LogP contribution is 2.18. The fourth-order valence-corrected chi connectivity index (χ4v) is 3.80. The molecule has 1 aromatic heterocycles. The molecule has 0 radical (unpaired) electrons. The van der Waals surface area contributed by atoms with E-state index in [0.717, 1.165) is 5.75 Å². The highest BCUT2D eigenvalue weighted by molar-refractivity contribution is 8.13. The maximum atomic E-state index is 12.0. The summed E-state index contributed by atoms with van der Waals surface area (Å²) in [5, 5.41) is 7.49. The van der Waals surface area contributed by atoms with Crippen LogP contribution in [0.25, 0.3) is 0 Å². The normalized spacial score (nSPS) is 13.8. The van der Waals surface area contributed by atoms with E-state index in [0.29, 0.717) is 29.3 Å². The Kier molecular flexibility index (Phi) is 5.72. The molecule has 0 spiro atoms. The maximum absolute atomic E-state index is 12.0. The van der Waals surface area contributed by atoms with Crippen LogP contribution >= 0.6 is 23.1 Å². The van der Waals surface area contributed by atoms with Gasteiger partial charge in [0.05, 0.1) is 4.88 Å². The number of carbonyl (C=O) groups is 3. The zero-order chi connectivity index (χ0) is 17.6. The molecule has 1 aliphatic heterocycles. The number of nitrogens with one attached hydrogen (secondary N) is 2. The number of thioether (sulfide) groups is 1. The van der Waals surface area contributed by atoms with Crippen molar-refractivity contribution in [2.24, 2.45) is 0 Å². The van der Waals surface area contributed by atoms with Crippen LogP contribution in [-0.4, -0.2) is 40.8 Å². The molecule has 2 N–H and O–H groups in total. The van der Waals surface area contributed by atoms with Crippen LogP contribution in [0.15, 0.2) is 41.8 Å². The van der Waals surface area contributed by atoms with Gasteiger partial charge in [0.2, 0.25) is 5.91 Å². The smallest absolute Gasteiger partial charge is 0.281 e. The van der Waals surface area contributed by atoms with Gasteiger partial charge in [0.1, 0.15) is 0 Å². The third-order valence-corrected chi connectivity index (χ3v) is 5.39. The summed E-state index contributed by atoms with van der Waals surface area (Å²) in [6.45, 7) is 1.14. The van der Waals surface area contributed by atoms with E-state index in [1.165, 1.54) is 23.1 Å². The molecule has 6 nitrogen and oxygen atoms in total. The van der Waals surface area contributed by atoms with Crippen LogP contribution in [0, 0.1) is 0 Å². The molecule has 2 heterocycles. The van der Waals surface area contributed by atoms with Crippen LogP contribution in [-0.2, 0) is 4.79 Å². The zero-order valence-electron chi connectivity index (χ0n) is 13.4. The topological polar surface area (TPSA) is 78.5 Å². The Labute approximate surface area is 153 Å². The second-order valence-corrected chi connectivity index (χ2v) is 7.40. The molecule has 3 amide bonds. The quantitative estimate of drug-likeness (QED) is 0.810. The number of nitrogens with zero attached hydrogens (tertiary/aromatic N) is 1. The van der Waals surface area contributed by atoms with Crippen LogP contribution < -0.4 is 10.6 Å². The van der Waals surface area contributed by atoms with Gasteiger partial charge in [0.15, 0.2) is 0 Å². The SMILES string of the molecule is O=C(CCN1CCSC1=O)Nc1ccc(NC(=O)c2cccs2)cc1. The lowest BCUT2D eigenvalue weighted by atomic mass is 10.2. The molecule has 1 aliphatic rings. The highest BCUT2D eigenvalue weighted by Gasteiger charge is 2.21. The van der Waals surface area contributed by atoms with Gasteiger partial charge in [-0.3, -0.25) is 14.4 Å². The number of rotatable bonds is 6. The first-order valence-electron chi connectivity index (χ1n) is 7.78. The van der Waals surface area contributed by atoms with Gasteiger partial charge in [-0.1, -0.05) is 17.8 Å². The summed E-state index contributed by atoms with van der Waals surface area (Å²) in [6, 6.07) is 10.5. The van der Waals surface area contributed by atoms with Crippen LogP contribution in [0.4, 0.5) is 16.2 Å². The van der Waals surface area contributed by atoms with Crippen LogP contribution in [0.5, 0.6) is 0 Å². The number of hydrogen-bond donors (Lipinski definition) is 2. The van der Waals surface area contributed by atoms with Crippen molar-refractivity contribution in [3.63, 3.8) is 0 Å². The van der Waals surface area contributed by atoms with Crippen molar-refractivity contribution in [3.8, 4) is 0 Å². The number of thiophene rings is 1. The third kappa shape index (κ3) is 4.83. The van der Waals surface area contributed by atoms with Crippen LogP contribution in [0.1, 0.15) is 16.1 Å². The summed E-state index contributed by atoms with van der Waals surface area (Å²) in [5.74, 6) is 0.499.